The highest BCUT2D eigenvalue weighted by Gasteiger charge is 2.54. The van der Waals surface area contributed by atoms with Crippen LogP contribution in [0.5, 0.6) is 5.75 Å². The first-order chi connectivity index (χ1) is 12.7. The molecule has 0 radical (unpaired) electrons. The first-order valence-electron chi connectivity index (χ1n) is 8.28. The van der Waals surface area contributed by atoms with Gasteiger partial charge in [0.25, 0.3) is 12.3 Å². The fraction of sp³-hybridized carbons (Fsp3) is 0.444. The topological polar surface area (TPSA) is 96.6 Å². The summed E-state index contributed by atoms with van der Waals surface area (Å²) in [7, 11) is 1.57. The maximum atomic E-state index is 13.3. The molecule has 0 saturated heterocycles. The number of aryl methyl sites for hydroxylation is 1. The van der Waals surface area contributed by atoms with Gasteiger partial charge in [0.2, 0.25) is 0 Å². The van der Waals surface area contributed by atoms with Crippen molar-refractivity contribution >= 4 is 5.91 Å². The standard InChI is InChI=1S/C18H23F2N3O4/c1-17(16(24)22-26,18(2,25)15(19)20)9-11-23-10-8-14(21-23)12-4-6-13(27-3)7-5-12/h4-8,10,15,25-26H,9,11H2,1-3H3,(H,22,24). The first kappa shape index (κ1) is 20.8. The maximum absolute atomic E-state index is 13.3. The molecule has 2 rings (SSSR count). The molecule has 1 aromatic carbocycles. The molecule has 7 nitrogen and oxygen atoms in total. The quantitative estimate of drug-likeness (QED) is 0.481. The number of methoxy groups -OCH3 is 1. The highest BCUT2D eigenvalue weighted by Crippen LogP contribution is 2.39. The van der Waals surface area contributed by atoms with E-state index >= 15 is 0 Å². The predicted molar refractivity (Wildman–Crippen MR) is 93.5 cm³/mol. The van der Waals surface area contributed by atoms with Crippen LogP contribution < -0.4 is 10.2 Å². The third-order valence-corrected chi connectivity index (χ3v) is 5.01. The Morgan fingerprint density at radius 2 is 1.93 bits per heavy atom. The van der Waals surface area contributed by atoms with Gasteiger partial charge >= 0.3 is 0 Å². The molecule has 9 heteroatoms. The molecule has 1 heterocycles. The summed E-state index contributed by atoms with van der Waals surface area (Å²) in [4.78, 5) is 12.0. The van der Waals surface area contributed by atoms with Gasteiger partial charge < -0.3 is 9.84 Å². The van der Waals surface area contributed by atoms with Gasteiger partial charge in [0.15, 0.2) is 0 Å². The number of hydroxylamine groups is 1. The van der Waals surface area contributed by atoms with E-state index in [4.69, 9.17) is 9.94 Å². The van der Waals surface area contributed by atoms with Gasteiger partial charge in [-0.1, -0.05) is 0 Å². The minimum atomic E-state index is -3.17. The smallest absolute Gasteiger partial charge is 0.267 e. The van der Waals surface area contributed by atoms with Gasteiger partial charge in [0, 0.05) is 18.3 Å². The number of hydrogen-bond donors (Lipinski definition) is 3. The fourth-order valence-electron chi connectivity index (χ4n) is 2.70. The molecule has 0 spiro atoms. The van der Waals surface area contributed by atoms with Crippen LogP contribution >= 0.6 is 0 Å². The van der Waals surface area contributed by atoms with E-state index < -0.39 is 23.3 Å². The van der Waals surface area contributed by atoms with Gasteiger partial charge in [-0.15, -0.1) is 0 Å². The molecule has 3 N–H and O–H groups in total. The van der Waals surface area contributed by atoms with Crippen molar-refractivity contribution in [3.63, 3.8) is 0 Å². The summed E-state index contributed by atoms with van der Waals surface area (Å²) < 4.78 is 33.1. The molecule has 2 aromatic rings. The summed E-state index contributed by atoms with van der Waals surface area (Å²) in [6, 6.07) is 8.98. The van der Waals surface area contributed by atoms with E-state index in [1.807, 2.05) is 12.1 Å². The first-order valence-corrected chi connectivity index (χ1v) is 8.28. The van der Waals surface area contributed by atoms with E-state index in [1.165, 1.54) is 17.1 Å². The number of carbonyl (C=O) groups excluding carboxylic acids is 1. The number of rotatable bonds is 8. The Balaban J connectivity index is 2.18. The van der Waals surface area contributed by atoms with E-state index in [0.717, 1.165) is 12.5 Å². The molecule has 27 heavy (non-hydrogen) atoms. The second-order valence-corrected chi connectivity index (χ2v) is 6.66. The average Bonchev–Trinajstić information content (AvgIpc) is 3.14. The van der Waals surface area contributed by atoms with Crippen molar-refractivity contribution in [2.75, 3.05) is 7.11 Å². The van der Waals surface area contributed by atoms with Crippen LogP contribution in [0.4, 0.5) is 8.78 Å². The van der Waals surface area contributed by atoms with E-state index in [-0.39, 0.29) is 13.0 Å². The zero-order chi connectivity index (χ0) is 20.2. The van der Waals surface area contributed by atoms with E-state index in [0.29, 0.717) is 11.4 Å². The number of hydrogen-bond acceptors (Lipinski definition) is 5. The zero-order valence-electron chi connectivity index (χ0n) is 15.3. The third-order valence-electron chi connectivity index (χ3n) is 5.01. The molecule has 2 unspecified atom stereocenters. The fourth-order valence-corrected chi connectivity index (χ4v) is 2.70. The Bertz CT molecular complexity index is 777. The second-order valence-electron chi connectivity index (χ2n) is 6.66. The lowest BCUT2D eigenvalue weighted by Gasteiger charge is -2.40. The lowest BCUT2D eigenvalue weighted by atomic mass is 9.71. The van der Waals surface area contributed by atoms with Crippen molar-refractivity contribution in [1.82, 2.24) is 15.3 Å². The van der Waals surface area contributed by atoms with Gasteiger partial charge in [-0.25, -0.2) is 14.3 Å². The molecule has 1 aromatic heterocycles. The Hall–Kier alpha value is -2.52. The number of carbonyl (C=O) groups is 1. The number of halogens is 2. The lowest BCUT2D eigenvalue weighted by molar-refractivity contribution is -0.183. The monoisotopic (exact) mass is 383 g/mol. The van der Waals surface area contributed by atoms with Crippen molar-refractivity contribution in [1.29, 1.82) is 0 Å². The van der Waals surface area contributed by atoms with Crippen LogP contribution in [0.2, 0.25) is 0 Å². The molecule has 0 bridgehead atoms. The molecule has 0 aliphatic rings. The Labute approximate surface area is 155 Å². The van der Waals surface area contributed by atoms with Crippen molar-refractivity contribution in [3.05, 3.63) is 36.5 Å². The van der Waals surface area contributed by atoms with Crippen molar-refractivity contribution < 1.29 is 28.6 Å². The number of nitrogens with one attached hydrogen (secondary N) is 1. The molecule has 0 aliphatic heterocycles. The van der Waals surface area contributed by atoms with Crippen LogP contribution in [0.1, 0.15) is 20.3 Å². The lowest BCUT2D eigenvalue weighted by Crippen LogP contribution is -2.57. The SMILES string of the molecule is COc1ccc(-c2ccn(CCC(C)(C(=O)NO)C(C)(O)C(F)F)n2)cc1. The summed E-state index contributed by atoms with van der Waals surface area (Å²) in [6.07, 6.45) is -1.69. The normalized spacial score (nSPS) is 15.9. The number of benzene rings is 1. The number of amides is 1. The summed E-state index contributed by atoms with van der Waals surface area (Å²) in [6.45, 7) is 2.14. The second kappa shape index (κ2) is 8.01. The molecule has 0 saturated carbocycles. The molecule has 0 aliphatic carbocycles. The summed E-state index contributed by atoms with van der Waals surface area (Å²) in [5.74, 6) is -0.381. The van der Waals surface area contributed by atoms with E-state index in [9.17, 15) is 18.7 Å². The number of aliphatic hydroxyl groups is 1. The number of nitrogens with zero attached hydrogens (tertiary/aromatic N) is 2. The van der Waals surface area contributed by atoms with Crippen molar-refractivity contribution in [2.45, 2.75) is 38.8 Å². The van der Waals surface area contributed by atoms with Crippen LogP contribution in [0.25, 0.3) is 11.3 Å². The van der Waals surface area contributed by atoms with Gasteiger partial charge in [0.05, 0.1) is 18.2 Å². The zero-order valence-corrected chi connectivity index (χ0v) is 15.3. The third kappa shape index (κ3) is 4.09. The minimum absolute atomic E-state index is 0.0863. The number of aromatic nitrogens is 2. The molecule has 0 fully saturated rings. The van der Waals surface area contributed by atoms with Crippen LogP contribution in [0, 0.1) is 5.41 Å². The highest BCUT2D eigenvalue weighted by atomic mass is 19.3. The van der Waals surface area contributed by atoms with Crippen molar-refractivity contribution in [3.8, 4) is 17.0 Å². The highest BCUT2D eigenvalue weighted by molar-refractivity contribution is 5.82. The van der Waals surface area contributed by atoms with Crippen LogP contribution in [-0.4, -0.2) is 45.1 Å². The minimum Gasteiger partial charge on any atom is -0.497 e. The molecule has 2 atom stereocenters. The number of ether oxygens (including phenoxy) is 1. The summed E-state index contributed by atoms with van der Waals surface area (Å²) in [5, 5.41) is 23.4. The van der Waals surface area contributed by atoms with Crippen LogP contribution in [0.15, 0.2) is 36.5 Å². The van der Waals surface area contributed by atoms with Crippen LogP contribution in [0.3, 0.4) is 0 Å². The van der Waals surface area contributed by atoms with Gasteiger partial charge in [-0.2, -0.15) is 5.10 Å². The molecular weight excluding hydrogens is 360 g/mol. The average molecular weight is 383 g/mol. The molecule has 1 amide bonds. The van der Waals surface area contributed by atoms with E-state index in [2.05, 4.69) is 5.10 Å². The maximum Gasteiger partial charge on any atom is 0.267 e. The van der Waals surface area contributed by atoms with Crippen LogP contribution in [-0.2, 0) is 11.3 Å². The Morgan fingerprint density at radius 3 is 2.44 bits per heavy atom. The predicted octanol–water partition coefficient (Wildman–Crippen LogP) is 2.48. The van der Waals surface area contributed by atoms with Gasteiger partial charge in [-0.3, -0.25) is 14.7 Å². The van der Waals surface area contributed by atoms with Gasteiger partial charge in [-0.05, 0) is 50.6 Å². The number of alkyl halides is 2. The summed E-state index contributed by atoms with van der Waals surface area (Å²) in [5.41, 5.74) is -1.69. The Morgan fingerprint density at radius 1 is 1.30 bits per heavy atom. The largest absolute Gasteiger partial charge is 0.497 e. The molecule has 148 valence electrons. The van der Waals surface area contributed by atoms with Gasteiger partial charge in [0.1, 0.15) is 11.4 Å². The molecular formula is C18H23F2N3O4. The van der Waals surface area contributed by atoms with Crippen molar-refractivity contribution in [2.24, 2.45) is 5.41 Å². The summed E-state index contributed by atoms with van der Waals surface area (Å²) >= 11 is 0. The van der Waals surface area contributed by atoms with E-state index in [1.54, 1.807) is 31.5 Å². The Kier molecular flexibility index (Phi) is 6.17.